The smallest absolute Gasteiger partial charge is 0.265 e. The number of aromatic nitrogens is 2. The van der Waals surface area contributed by atoms with E-state index in [4.69, 9.17) is 11.6 Å². The van der Waals surface area contributed by atoms with Crippen LogP contribution in [0.1, 0.15) is 10.4 Å². The molecule has 0 radical (unpaired) electrons. The monoisotopic (exact) mass is 349 g/mol. The molecule has 8 heteroatoms. The highest BCUT2D eigenvalue weighted by molar-refractivity contribution is 7.90. The minimum absolute atomic E-state index is 0.0491. The molecule has 2 aromatic carbocycles. The highest BCUT2D eigenvalue weighted by atomic mass is 35.5. The van der Waals surface area contributed by atoms with Gasteiger partial charge in [0.2, 0.25) is 0 Å². The summed E-state index contributed by atoms with van der Waals surface area (Å²) in [6.07, 6.45) is 1.62. The standard InChI is InChI=1S/C15H12ClN3O3S/c1-19-9-17-12-8-10(6-7-13(12)19)15(20)18-23(21,22)14-5-3-2-4-11(14)16/h2-9H,1H3,(H,18,20). The van der Waals surface area contributed by atoms with Gasteiger partial charge in [-0.05, 0) is 30.3 Å². The van der Waals surface area contributed by atoms with E-state index < -0.39 is 15.9 Å². The van der Waals surface area contributed by atoms with Crippen LogP contribution in [0.15, 0.2) is 53.7 Å². The molecule has 0 aliphatic rings. The summed E-state index contributed by atoms with van der Waals surface area (Å²) >= 11 is 5.88. The van der Waals surface area contributed by atoms with Crippen LogP contribution in [-0.4, -0.2) is 23.9 Å². The van der Waals surface area contributed by atoms with Gasteiger partial charge in [-0.15, -0.1) is 0 Å². The Morgan fingerprint density at radius 2 is 1.96 bits per heavy atom. The lowest BCUT2D eigenvalue weighted by Gasteiger charge is -2.08. The number of carbonyl (C=O) groups is 1. The number of nitrogens with zero attached hydrogens (tertiary/aromatic N) is 2. The highest BCUT2D eigenvalue weighted by Gasteiger charge is 2.21. The first kappa shape index (κ1) is 15.5. The third kappa shape index (κ3) is 2.93. The largest absolute Gasteiger partial charge is 0.334 e. The average Bonchev–Trinajstić information content (AvgIpc) is 2.88. The van der Waals surface area contributed by atoms with Crippen molar-refractivity contribution in [3.63, 3.8) is 0 Å². The molecule has 3 rings (SSSR count). The maximum atomic E-state index is 12.3. The lowest BCUT2D eigenvalue weighted by atomic mass is 10.2. The van der Waals surface area contributed by atoms with Crippen molar-refractivity contribution in [2.75, 3.05) is 0 Å². The van der Waals surface area contributed by atoms with Crippen molar-refractivity contribution in [3.05, 3.63) is 59.4 Å². The van der Waals surface area contributed by atoms with Crippen molar-refractivity contribution < 1.29 is 13.2 Å². The minimum atomic E-state index is -4.04. The van der Waals surface area contributed by atoms with Crippen LogP contribution in [0.2, 0.25) is 5.02 Å². The van der Waals surface area contributed by atoms with E-state index in [1.165, 1.54) is 24.3 Å². The van der Waals surface area contributed by atoms with Crippen molar-refractivity contribution in [1.29, 1.82) is 0 Å². The fraction of sp³-hybridized carbons (Fsp3) is 0.0667. The zero-order chi connectivity index (χ0) is 16.6. The van der Waals surface area contributed by atoms with Crippen LogP contribution >= 0.6 is 11.6 Å². The normalized spacial score (nSPS) is 11.6. The number of carbonyl (C=O) groups excluding carboxylic acids is 1. The Balaban J connectivity index is 1.92. The third-order valence-corrected chi connectivity index (χ3v) is 5.17. The molecule has 0 bridgehead atoms. The lowest BCUT2D eigenvalue weighted by Crippen LogP contribution is -2.30. The van der Waals surface area contributed by atoms with Crippen LogP contribution in [0.3, 0.4) is 0 Å². The van der Waals surface area contributed by atoms with E-state index >= 15 is 0 Å². The van der Waals surface area contributed by atoms with Crippen molar-refractivity contribution in [2.24, 2.45) is 7.05 Å². The van der Waals surface area contributed by atoms with Crippen molar-refractivity contribution >= 4 is 38.6 Å². The SMILES string of the molecule is Cn1cnc2cc(C(=O)NS(=O)(=O)c3ccccc3Cl)ccc21. The Labute approximate surface area is 137 Å². The number of amides is 1. The molecule has 3 aromatic rings. The molecule has 0 saturated carbocycles. The molecule has 0 aliphatic heterocycles. The van der Waals surface area contributed by atoms with Gasteiger partial charge in [-0.2, -0.15) is 0 Å². The van der Waals surface area contributed by atoms with Crippen molar-refractivity contribution in [1.82, 2.24) is 14.3 Å². The molecule has 0 unspecified atom stereocenters. The molecule has 1 aromatic heterocycles. The van der Waals surface area contributed by atoms with Gasteiger partial charge >= 0.3 is 0 Å². The van der Waals surface area contributed by atoms with Crippen LogP contribution in [0.25, 0.3) is 11.0 Å². The number of hydrogen-bond acceptors (Lipinski definition) is 4. The van der Waals surface area contributed by atoms with Gasteiger partial charge < -0.3 is 4.57 Å². The van der Waals surface area contributed by atoms with Crippen LogP contribution in [0, 0.1) is 0 Å². The number of fused-ring (bicyclic) bond motifs is 1. The van der Waals surface area contributed by atoms with E-state index in [-0.39, 0.29) is 15.5 Å². The number of imidazole rings is 1. The van der Waals surface area contributed by atoms with Crippen LogP contribution in [-0.2, 0) is 17.1 Å². The minimum Gasteiger partial charge on any atom is -0.334 e. The fourth-order valence-electron chi connectivity index (χ4n) is 2.18. The maximum Gasteiger partial charge on any atom is 0.265 e. The maximum absolute atomic E-state index is 12.3. The fourth-order valence-corrected chi connectivity index (χ4v) is 3.67. The summed E-state index contributed by atoms with van der Waals surface area (Å²) in [5.74, 6) is -0.738. The molecule has 1 heterocycles. The second kappa shape index (κ2) is 5.68. The van der Waals surface area contributed by atoms with Crippen LogP contribution in [0.4, 0.5) is 0 Å². The molecule has 1 N–H and O–H groups in total. The van der Waals surface area contributed by atoms with Gasteiger partial charge in [0.15, 0.2) is 0 Å². The average molecular weight is 350 g/mol. The Bertz CT molecular complexity index is 1010. The molecule has 0 fully saturated rings. The molecule has 118 valence electrons. The number of rotatable bonds is 3. The topological polar surface area (TPSA) is 81.1 Å². The zero-order valence-corrected chi connectivity index (χ0v) is 13.6. The first-order chi connectivity index (χ1) is 10.9. The van der Waals surface area contributed by atoms with Gasteiger partial charge in [-0.1, -0.05) is 23.7 Å². The predicted octanol–water partition coefficient (Wildman–Crippen LogP) is 2.35. The van der Waals surface area contributed by atoms with Gasteiger partial charge in [0.25, 0.3) is 15.9 Å². The van der Waals surface area contributed by atoms with Crippen molar-refractivity contribution in [2.45, 2.75) is 4.90 Å². The van der Waals surface area contributed by atoms with Gasteiger partial charge in [0.05, 0.1) is 22.4 Å². The Morgan fingerprint density at radius 1 is 1.22 bits per heavy atom. The van der Waals surface area contributed by atoms with Crippen LogP contribution in [0.5, 0.6) is 0 Å². The highest BCUT2D eigenvalue weighted by Crippen LogP contribution is 2.21. The predicted molar refractivity (Wildman–Crippen MR) is 86.8 cm³/mol. The second-order valence-electron chi connectivity index (χ2n) is 4.92. The molecule has 0 saturated heterocycles. The zero-order valence-electron chi connectivity index (χ0n) is 12.0. The van der Waals surface area contributed by atoms with Crippen LogP contribution < -0.4 is 4.72 Å². The van der Waals surface area contributed by atoms with Gasteiger partial charge in [-0.25, -0.2) is 18.1 Å². The molecule has 0 atom stereocenters. The van der Waals surface area contributed by atoms with Gasteiger partial charge in [0, 0.05) is 12.6 Å². The molecule has 0 aliphatic carbocycles. The van der Waals surface area contributed by atoms with E-state index in [1.807, 2.05) is 11.8 Å². The third-order valence-electron chi connectivity index (χ3n) is 3.34. The van der Waals surface area contributed by atoms with Gasteiger partial charge in [0.1, 0.15) is 4.90 Å². The molecule has 1 amide bonds. The van der Waals surface area contributed by atoms with E-state index in [2.05, 4.69) is 4.98 Å². The summed E-state index contributed by atoms with van der Waals surface area (Å²) in [7, 11) is -2.21. The summed E-state index contributed by atoms with van der Waals surface area (Å²) in [4.78, 5) is 16.2. The van der Waals surface area contributed by atoms with Gasteiger partial charge in [-0.3, -0.25) is 4.79 Å². The second-order valence-corrected chi connectivity index (χ2v) is 6.98. The quantitative estimate of drug-likeness (QED) is 0.787. The molecular weight excluding hydrogens is 338 g/mol. The molecule has 0 spiro atoms. The van der Waals surface area contributed by atoms with E-state index in [0.717, 1.165) is 5.52 Å². The summed E-state index contributed by atoms with van der Waals surface area (Å²) in [5, 5.41) is 0.0491. The number of nitrogens with one attached hydrogen (secondary N) is 1. The van der Waals surface area contributed by atoms with E-state index in [9.17, 15) is 13.2 Å². The number of sulfonamides is 1. The first-order valence-corrected chi connectivity index (χ1v) is 8.47. The number of hydrogen-bond donors (Lipinski definition) is 1. The molecule has 23 heavy (non-hydrogen) atoms. The number of benzene rings is 2. The summed E-state index contributed by atoms with van der Waals surface area (Å²) in [5.41, 5.74) is 1.65. The van der Waals surface area contributed by atoms with E-state index in [1.54, 1.807) is 29.1 Å². The summed E-state index contributed by atoms with van der Waals surface area (Å²) in [6.45, 7) is 0. The summed E-state index contributed by atoms with van der Waals surface area (Å²) < 4.78 is 28.4. The first-order valence-electron chi connectivity index (χ1n) is 6.61. The molecular formula is C15H12ClN3O3S. The van der Waals surface area contributed by atoms with E-state index in [0.29, 0.717) is 5.52 Å². The Kier molecular flexibility index (Phi) is 3.83. The number of halogens is 1. The molecule has 6 nitrogen and oxygen atoms in total. The van der Waals surface area contributed by atoms with Crippen molar-refractivity contribution in [3.8, 4) is 0 Å². The lowest BCUT2D eigenvalue weighted by molar-refractivity contribution is 0.0981. The number of aryl methyl sites for hydroxylation is 1. The Hall–Kier alpha value is -2.38. The Morgan fingerprint density at radius 3 is 2.70 bits per heavy atom. The summed E-state index contributed by atoms with van der Waals surface area (Å²) in [6, 6.07) is 10.7.